The number of methoxy groups -OCH3 is 1. The molecule has 2 aromatic carbocycles. The van der Waals surface area contributed by atoms with Crippen molar-refractivity contribution < 1.29 is 28.7 Å². The van der Waals surface area contributed by atoms with Gasteiger partial charge in [-0.25, -0.2) is 0 Å². The lowest BCUT2D eigenvalue weighted by Crippen LogP contribution is -2.59. The Morgan fingerprint density at radius 1 is 1.03 bits per heavy atom. The van der Waals surface area contributed by atoms with Gasteiger partial charge in [0.05, 0.1) is 30.1 Å². The summed E-state index contributed by atoms with van der Waals surface area (Å²) >= 11 is 12.1. The zero-order chi connectivity index (χ0) is 24.6. The molecule has 0 saturated carbocycles. The van der Waals surface area contributed by atoms with E-state index in [1.807, 2.05) is 0 Å². The number of carbonyl (C=O) groups excluding carboxylic acids is 4. The monoisotopic (exact) mass is 491 g/mol. The lowest BCUT2D eigenvalue weighted by atomic mass is 9.71. The number of imide groups is 1. The number of halogens is 2. The molecule has 3 rings (SSSR count). The zero-order valence-corrected chi connectivity index (χ0v) is 20.1. The zero-order valence-electron chi connectivity index (χ0n) is 18.6. The molecule has 2 amide bonds. The number of amides is 2. The van der Waals surface area contributed by atoms with Crippen molar-refractivity contribution in [1.82, 2.24) is 4.90 Å². The Morgan fingerprint density at radius 2 is 1.70 bits per heavy atom. The smallest absolute Gasteiger partial charge is 0.326 e. The molecule has 0 aromatic heterocycles. The molecule has 0 N–H and O–H groups in total. The van der Waals surface area contributed by atoms with E-state index in [2.05, 4.69) is 0 Å². The first-order chi connectivity index (χ1) is 15.4. The van der Waals surface area contributed by atoms with E-state index >= 15 is 0 Å². The quantitative estimate of drug-likeness (QED) is 0.351. The summed E-state index contributed by atoms with van der Waals surface area (Å²) < 4.78 is 10.4. The summed E-state index contributed by atoms with van der Waals surface area (Å²) in [6.45, 7) is 4.83. The fourth-order valence-electron chi connectivity index (χ4n) is 3.80. The molecule has 0 aliphatic carbocycles. The van der Waals surface area contributed by atoms with Crippen molar-refractivity contribution in [2.24, 2.45) is 0 Å². The number of benzene rings is 2. The number of rotatable bonds is 5. The van der Waals surface area contributed by atoms with Gasteiger partial charge in [0.15, 0.2) is 5.41 Å². The normalized spacial score (nSPS) is 18.1. The number of hydrogen-bond acceptors (Lipinski definition) is 6. The minimum absolute atomic E-state index is 0.100. The number of carbonyl (C=O) groups is 4. The standard InChI is InChI=1S/C24H23Cl2NO6/c1-23(2,3)33-19(28)12-24(22(31)32-4)16-8-6-5-7-15(16)20(29)27(21(24)30)13-14-9-10-17(25)18(26)11-14/h5-11H,12-13H2,1-4H3. The predicted molar refractivity (Wildman–Crippen MR) is 122 cm³/mol. The van der Waals surface area contributed by atoms with Crippen LogP contribution >= 0.6 is 23.2 Å². The van der Waals surface area contributed by atoms with Crippen LogP contribution in [-0.2, 0) is 35.8 Å². The van der Waals surface area contributed by atoms with Gasteiger partial charge in [0.2, 0.25) is 0 Å². The Labute approximate surface area is 201 Å². The molecule has 0 bridgehead atoms. The van der Waals surface area contributed by atoms with Crippen LogP contribution in [0.2, 0.25) is 10.0 Å². The van der Waals surface area contributed by atoms with Crippen LogP contribution < -0.4 is 0 Å². The molecule has 1 heterocycles. The number of ether oxygens (including phenoxy) is 2. The first-order valence-electron chi connectivity index (χ1n) is 10.1. The Balaban J connectivity index is 2.15. The highest BCUT2D eigenvalue weighted by Crippen LogP contribution is 2.40. The fraction of sp³-hybridized carbons (Fsp3) is 0.333. The van der Waals surface area contributed by atoms with Gasteiger partial charge in [-0.3, -0.25) is 24.1 Å². The van der Waals surface area contributed by atoms with Crippen LogP contribution in [0.3, 0.4) is 0 Å². The highest BCUT2D eigenvalue weighted by Gasteiger charge is 2.58. The van der Waals surface area contributed by atoms with Crippen LogP contribution in [0, 0.1) is 0 Å². The van der Waals surface area contributed by atoms with E-state index < -0.39 is 41.2 Å². The van der Waals surface area contributed by atoms with Gasteiger partial charge in [-0.05, 0) is 50.1 Å². The maximum Gasteiger partial charge on any atom is 0.326 e. The van der Waals surface area contributed by atoms with E-state index in [9.17, 15) is 19.2 Å². The highest BCUT2D eigenvalue weighted by atomic mass is 35.5. The van der Waals surface area contributed by atoms with Crippen LogP contribution in [0.1, 0.15) is 48.7 Å². The molecule has 33 heavy (non-hydrogen) atoms. The molecule has 1 unspecified atom stereocenters. The Morgan fingerprint density at radius 3 is 2.30 bits per heavy atom. The Bertz CT molecular complexity index is 1140. The van der Waals surface area contributed by atoms with Crippen molar-refractivity contribution in [2.75, 3.05) is 7.11 Å². The number of fused-ring (bicyclic) bond motifs is 1. The van der Waals surface area contributed by atoms with E-state index in [0.29, 0.717) is 10.6 Å². The molecule has 7 nitrogen and oxygen atoms in total. The van der Waals surface area contributed by atoms with Crippen LogP contribution in [0.25, 0.3) is 0 Å². The van der Waals surface area contributed by atoms with Crippen molar-refractivity contribution in [2.45, 2.75) is 44.8 Å². The van der Waals surface area contributed by atoms with Crippen molar-refractivity contribution in [3.63, 3.8) is 0 Å². The van der Waals surface area contributed by atoms with Gasteiger partial charge < -0.3 is 9.47 Å². The molecule has 0 fully saturated rings. The van der Waals surface area contributed by atoms with Gasteiger partial charge >= 0.3 is 11.9 Å². The molecule has 1 atom stereocenters. The fourth-order valence-corrected chi connectivity index (χ4v) is 4.12. The minimum Gasteiger partial charge on any atom is -0.468 e. The van der Waals surface area contributed by atoms with Crippen molar-refractivity contribution >= 4 is 47.0 Å². The van der Waals surface area contributed by atoms with Gasteiger partial charge in [0, 0.05) is 5.56 Å². The average Bonchev–Trinajstić information content (AvgIpc) is 2.74. The van der Waals surface area contributed by atoms with Crippen LogP contribution in [0.5, 0.6) is 0 Å². The number of hydrogen-bond donors (Lipinski definition) is 0. The molecule has 9 heteroatoms. The Kier molecular flexibility index (Phi) is 6.86. The first-order valence-corrected chi connectivity index (χ1v) is 10.9. The summed E-state index contributed by atoms with van der Waals surface area (Å²) in [7, 11) is 1.12. The van der Waals surface area contributed by atoms with Crippen molar-refractivity contribution in [3.8, 4) is 0 Å². The Hall–Kier alpha value is -2.90. The molecular weight excluding hydrogens is 469 g/mol. The van der Waals surface area contributed by atoms with Crippen LogP contribution in [-0.4, -0.2) is 41.4 Å². The topological polar surface area (TPSA) is 90.0 Å². The molecule has 1 aliphatic rings. The van der Waals surface area contributed by atoms with Gasteiger partial charge in [0.1, 0.15) is 5.60 Å². The van der Waals surface area contributed by atoms with E-state index in [1.54, 1.807) is 45.0 Å². The van der Waals surface area contributed by atoms with Gasteiger partial charge in [-0.1, -0.05) is 47.5 Å². The summed E-state index contributed by atoms with van der Waals surface area (Å²) in [6, 6.07) is 10.9. The summed E-state index contributed by atoms with van der Waals surface area (Å²) in [6.07, 6.45) is -0.627. The van der Waals surface area contributed by atoms with E-state index in [-0.39, 0.29) is 22.7 Å². The van der Waals surface area contributed by atoms with Crippen LogP contribution in [0.4, 0.5) is 0 Å². The molecule has 174 valence electrons. The first kappa shape index (κ1) is 24.7. The second-order valence-corrected chi connectivity index (χ2v) is 9.47. The van der Waals surface area contributed by atoms with Crippen LogP contribution in [0.15, 0.2) is 42.5 Å². The lowest BCUT2D eigenvalue weighted by molar-refractivity contribution is -0.167. The van der Waals surface area contributed by atoms with Gasteiger partial charge in [0.25, 0.3) is 11.8 Å². The summed E-state index contributed by atoms with van der Waals surface area (Å²) in [5, 5.41) is 0.565. The van der Waals surface area contributed by atoms with E-state index in [4.69, 9.17) is 32.7 Å². The molecule has 0 spiro atoms. The molecule has 1 aliphatic heterocycles. The predicted octanol–water partition coefficient (Wildman–Crippen LogP) is 4.32. The maximum atomic E-state index is 13.8. The molecule has 0 saturated heterocycles. The molecular formula is C24H23Cl2NO6. The van der Waals surface area contributed by atoms with Gasteiger partial charge in [-0.2, -0.15) is 0 Å². The van der Waals surface area contributed by atoms with E-state index in [1.165, 1.54) is 18.2 Å². The third-order valence-corrected chi connectivity index (χ3v) is 5.90. The third kappa shape index (κ3) is 4.75. The minimum atomic E-state index is -2.09. The largest absolute Gasteiger partial charge is 0.468 e. The lowest BCUT2D eigenvalue weighted by Gasteiger charge is -2.39. The average molecular weight is 492 g/mol. The number of esters is 2. The van der Waals surface area contributed by atoms with Gasteiger partial charge in [-0.15, -0.1) is 0 Å². The SMILES string of the molecule is COC(=O)C1(CC(=O)OC(C)(C)C)C(=O)N(Cc2ccc(Cl)c(Cl)c2)C(=O)c2ccccc21. The number of nitrogens with zero attached hydrogens (tertiary/aromatic N) is 1. The molecule has 0 radical (unpaired) electrons. The van der Waals surface area contributed by atoms with Crippen molar-refractivity contribution in [1.29, 1.82) is 0 Å². The highest BCUT2D eigenvalue weighted by molar-refractivity contribution is 6.42. The summed E-state index contributed by atoms with van der Waals surface area (Å²) in [4.78, 5) is 54.0. The van der Waals surface area contributed by atoms with Crippen molar-refractivity contribution in [3.05, 3.63) is 69.2 Å². The van der Waals surface area contributed by atoms with E-state index in [0.717, 1.165) is 12.0 Å². The summed E-state index contributed by atoms with van der Waals surface area (Å²) in [5.74, 6) is -3.22. The maximum absolute atomic E-state index is 13.8. The second kappa shape index (κ2) is 9.15. The second-order valence-electron chi connectivity index (χ2n) is 8.65. The summed E-state index contributed by atoms with van der Waals surface area (Å²) in [5.41, 5.74) is -2.20. The molecule has 2 aromatic rings. The third-order valence-electron chi connectivity index (χ3n) is 5.16.